The van der Waals surface area contributed by atoms with Crippen LogP contribution in [0.15, 0.2) is 53.0 Å². The lowest BCUT2D eigenvalue weighted by Crippen LogP contribution is -2.40. The third-order valence-electron chi connectivity index (χ3n) is 4.80. The van der Waals surface area contributed by atoms with Crippen molar-refractivity contribution >= 4 is 31.7 Å². The third-order valence-corrected chi connectivity index (χ3v) is 7.24. The summed E-state index contributed by atoms with van der Waals surface area (Å²) < 4.78 is 24.6. The molecule has 1 aliphatic heterocycles. The summed E-state index contributed by atoms with van der Waals surface area (Å²) in [6, 6.07) is 15.1. The van der Waals surface area contributed by atoms with Gasteiger partial charge in [0.2, 0.25) is 0 Å². The zero-order chi connectivity index (χ0) is 18.7. The fraction of sp³-hybridized carbons (Fsp3) is 0.350. The summed E-state index contributed by atoms with van der Waals surface area (Å²) in [5, 5.41) is 0. The van der Waals surface area contributed by atoms with Crippen molar-refractivity contribution in [2.45, 2.75) is 32.4 Å². The Labute approximate surface area is 163 Å². The monoisotopic (exact) mass is 435 g/mol. The van der Waals surface area contributed by atoms with Crippen LogP contribution in [0, 0.1) is 0 Å². The number of nitrogens with zero attached hydrogens (tertiary/aromatic N) is 1. The number of sulfone groups is 1. The first-order valence-electron chi connectivity index (χ1n) is 8.73. The van der Waals surface area contributed by atoms with E-state index in [4.69, 9.17) is 0 Å². The molecule has 0 bridgehead atoms. The molecule has 1 fully saturated rings. The van der Waals surface area contributed by atoms with E-state index >= 15 is 0 Å². The molecule has 26 heavy (non-hydrogen) atoms. The van der Waals surface area contributed by atoms with Crippen molar-refractivity contribution < 1.29 is 13.2 Å². The van der Waals surface area contributed by atoms with Gasteiger partial charge in [-0.25, -0.2) is 8.42 Å². The van der Waals surface area contributed by atoms with E-state index in [9.17, 15) is 13.2 Å². The summed E-state index contributed by atoms with van der Waals surface area (Å²) in [5.74, 6) is 0.0433. The molecule has 0 radical (unpaired) electrons. The van der Waals surface area contributed by atoms with Crippen LogP contribution in [0.4, 0.5) is 0 Å². The van der Waals surface area contributed by atoms with Crippen LogP contribution >= 0.6 is 15.9 Å². The van der Waals surface area contributed by atoms with Crippen molar-refractivity contribution in [1.82, 2.24) is 4.90 Å². The molecule has 2 aromatic rings. The summed E-state index contributed by atoms with van der Waals surface area (Å²) in [7, 11) is -3.07. The molecule has 0 saturated carbocycles. The summed E-state index contributed by atoms with van der Waals surface area (Å²) in [5.41, 5.74) is 2.80. The molecule has 2 aromatic carbocycles. The number of benzene rings is 2. The molecule has 0 unspecified atom stereocenters. The van der Waals surface area contributed by atoms with Crippen LogP contribution in [-0.2, 0) is 22.8 Å². The first-order valence-corrected chi connectivity index (χ1v) is 11.3. The highest BCUT2D eigenvalue weighted by atomic mass is 79.9. The molecule has 4 nitrogen and oxygen atoms in total. The SMILES string of the molecule is CCc1ccc(CN(C(=O)c2ccccc2Br)[C@H]2CCS(=O)(=O)C2)cc1. The number of carbonyl (C=O) groups excluding carboxylic acids is 1. The maximum atomic E-state index is 13.2. The largest absolute Gasteiger partial charge is 0.330 e. The topological polar surface area (TPSA) is 54.5 Å². The molecule has 138 valence electrons. The van der Waals surface area contributed by atoms with Gasteiger partial charge in [0, 0.05) is 17.1 Å². The van der Waals surface area contributed by atoms with Gasteiger partial charge in [-0.15, -0.1) is 0 Å². The number of hydrogen-bond acceptors (Lipinski definition) is 3. The number of hydrogen-bond donors (Lipinski definition) is 0. The lowest BCUT2D eigenvalue weighted by molar-refractivity contribution is 0.0680. The number of carbonyl (C=O) groups is 1. The molecular formula is C20H22BrNO3S. The minimum Gasteiger partial charge on any atom is -0.330 e. The predicted octanol–water partition coefficient (Wildman–Crippen LogP) is 3.84. The standard InChI is InChI=1S/C20H22BrNO3S/c1-2-15-7-9-16(10-8-15)13-22(17-11-12-26(24,25)14-17)20(23)18-5-3-4-6-19(18)21/h3-10,17H,2,11-14H2,1H3/t17-/m0/s1. The van der Waals surface area contributed by atoms with E-state index in [1.165, 1.54) is 5.56 Å². The van der Waals surface area contributed by atoms with Crippen LogP contribution in [-0.4, -0.2) is 36.8 Å². The molecule has 6 heteroatoms. The van der Waals surface area contributed by atoms with Crippen molar-refractivity contribution in [1.29, 1.82) is 0 Å². The fourth-order valence-corrected chi connectivity index (χ4v) is 5.44. The summed E-state index contributed by atoms with van der Waals surface area (Å²) >= 11 is 3.43. The zero-order valence-electron chi connectivity index (χ0n) is 14.7. The van der Waals surface area contributed by atoms with Crippen LogP contribution in [0.3, 0.4) is 0 Å². The van der Waals surface area contributed by atoms with E-state index in [1.54, 1.807) is 11.0 Å². The van der Waals surface area contributed by atoms with E-state index in [2.05, 4.69) is 35.0 Å². The normalized spacial score (nSPS) is 18.6. The van der Waals surface area contributed by atoms with Crippen LogP contribution in [0.1, 0.15) is 34.8 Å². The molecular weight excluding hydrogens is 414 g/mol. The lowest BCUT2D eigenvalue weighted by Gasteiger charge is -2.29. The second-order valence-corrected chi connectivity index (χ2v) is 9.72. The predicted molar refractivity (Wildman–Crippen MR) is 107 cm³/mol. The Bertz CT molecular complexity index is 894. The number of aryl methyl sites for hydroxylation is 1. The quantitative estimate of drug-likeness (QED) is 0.716. The van der Waals surface area contributed by atoms with Crippen molar-refractivity contribution in [3.63, 3.8) is 0 Å². The smallest absolute Gasteiger partial charge is 0.255 e. The number of rotatable bonds is 5. The summed E-state index contributed by atoms with van der Waals surface area (Å²) in [4.78, 5) is 14.9. The highest BCUT2D eigenvalue weighted by Crippen LogP contribution is 2.25. The van der Waals surface area contributed by atoms with Gasteiger partial charge in [0.1, 0.15) is 0 Å². The van der Waals surface area contributed by atoms with Crippen LogP contribution in [0.5, 0.6) is 0 Å². The van der Waals surface area contributed by atoms with E-state index in [0.29, 0.717) is 18.5 Å². The van der Waals surface area contributed by atoms with Gasteiger partial charge < -0.3 is 4.90 Å². The van der Waals surface area contributed by atoms with Gasteiger partial charge in [0.25, 0.3) is 5.91 Å². The van der Waals surface area contributed by atoms with E-state index in [0.717, 1.165) is 16.5 Å². The van der Waals surface area contributed by atoms with Gasteiger partial charge in [-0.05, 0) is 52.0 Å². The highest BCUT2D eigenvalue weighted by molar-refractivity contribution is 9.10. The van der Waals surface area contributed by atoms with E-state index < -0.39 is 9.84 Å². The molecule has 1 atom stereocenters. The number of amides is 1. The molecule has 0 aliphatic carbocycles. The molecule has 1 amide bonds. The van der Waals surface area contributed by atoms with Gasteiger partial charge in [-0.3, -0.25) is 4.79 Å². The molecule has 3 rings (SSSR count). The Morgan fingerprint density at radius 1 is 1.12 bits per heavy atom. The second-order valence-electron chi connectivity index (χ2n) is 6.64. The first kappa shape index (κ1) is 19.1. The fourth-order valence-electron chi connectivity index (χ4n) is 3.25. The van der Waals surface area contributed by atoms with Gasteiger partial charge in [-0.2, -0.15) is 0 Å². The highest BCUT2D eigenvalue weighted by Gasteiger charge is 2.35. The molecule has 1 saturated heterocycles. The van der Waals surface area contributed by atoms with Crippen LogP contribution in [0.25, 0.3) is 0 Å². The molecule has 0 N–H and O–H groups in total. The summed E-state index contributed by atoms with van der Waals surface area (Å²) in [6.45, 7) is 2.51. The van der Waals surface area contributed by atoms with Gasteiger partial charge in [-0.1, -0.05) is 43.3 Å². The molecule has 1 aliphatic rings. The Kier molecular flexibility index (Phi) is 5.82. The molecule has 0 spiro atoms. The minimum absolute atomic E-state index is 0.0379. The van der Waals surface area contributed by atoms with E-state index in [-0.39, 0.29) is 23.5 Å². The Morgan fingerprint density at radius 2 is 1.77 bits per heavy atom. The van der Waals surface area contributed by atoms with Gasteiger partial charge in [0.05, 0.1) is 17.1 Å². The average Bonchev–Trinajstić information content (AvgIpc) is 2.99. The van der Waals surface area contributed by atoms with Gasteiger partial charge >= 0.3 is 0 Å². The third kappa shape index (κ3) is 4.35. The van der Waals surface area contributed by atoms with Crippen molar-refractivity contribution in [3.05, 3.63) is 69.7 Å². The Morgan fingerprint density at radius 3 is 2.35 bits per heavy atom. The minimum atomic E-state index is -3.07. The average molecular weight is 436 g/mol. The maximum Gasteiger partial charge on any atom is 0.255 e. The maximum absolute atomic E-state index is 13.2. The first-order chi connectivity index (χ1) is 12.4. The van der Waals surface area contributed by atoms with Crippen molar-refractivity contribution in [3.8, 4) is 0 Å². The van der Waals surface area contributed by atoms with Gasteiger partial charge in [0.15, 0.2) is 9.84 Å². The molecule has 1 heterocycles. The summed E-state index contributed by atoms with van der Waals surface area (Å²) in [6.07, 6.45) is 1.45. The number of halogens is 1. The zero-order valence-corrected chi connectivity index (χ0v) is 17.1. The lowest BCUT2D eigenvalue weighted by atomic mass is 10.1. The second kappa shape index (κ2) is 7.92. The Balaban J connectivity index is 1.91. The van der Waals surface area contributed by atoms with E-state index in [1.807, 2.05) is 30.3 Å². The van der Waals surface area contributed by atoms with Crippen LogP contribution in [0.2, 0.25) is 0 Å². The Hall–Kier alpha value is -1.66. The van der Waals surface area contributed by atoms with Crippen LogP contribution < -0.4 is 0 Å². The molecule has 0 aromatic heterocycles. The van der Waals surface area contributed by atoms with Crippen molar-refractivity contribution in [2.24, 2.45) is 0 Å². The van der Waals surface area contributed by atoms with Crippen molar-refractivity contribution in [2.75, 3.05) is 11.5 Å².